The molecule has 0 aliphatic heterocycles. The fraction of sp³-hybridized carbons (Fsp3) is 0.106. The predicted molar refractivity (Wildman–Crippen MR) is 236 cm³/mol. The number of ketones is 1. The minimum absolute atomic E-state index is 0. The van der Waals surface area contributed by atoms with Gasteiger partial charge in [0.25, 0.3) is 0 Å². The van der Waals surface area contributed by atoms with Crippen molar-refractivity contribution in [2.24, 2.45) is 0 Å². The van der Waals surface area contributed by atoms with E-state index >= 15 is 0 Å². The summed E-state index contributed by atoms with van der Waals surface area (Å²) in [6, 6.07) is 65.0. The maximum absolute atomic E-state index is 11.2. The summed E-state index contributed by atoms with van der Waals surface area (Å²) in [5.74, 6) is 0.573. The van der Waals surface area contributed by atoms with Crippen LogP contribution in [0.15, 0.2) is 193 Å². The fourth-order valence-corrected chi connectivity index (χ4v) is 10.3. The third-order valence-corrected chi connectivity index (χ3v) is 12.6. The summed E-state index contributed by atoms with van der Waals surface area (Å²) in [6.07, 6.45) is 0. The normalized spacial score (nSPS) is 11.1. The van der Waals surface area contributed by atoms with Crippen molar-refractivity contribution in [2.45, 2.75) is 33.7 Å². The van der Waals surface area contributed by atoms with Crippen LogP contribution in [0.3, 0.4) is 0 Å². The Balaban J connectivity index is 0.000000281. The van der Waals surface area contributed by atoms with Crippen LogP contribution in [-0.4, -0.2) is 19.1 Å². The van der Waals surface area contributed by atoms with Crippen molar-refractivity contribution in [3.05, 3.63) is 213 Å². The van der Waals surface area contributed by atoms with Gasteiger partial charge in [0.15, 0.2) is 5.78 Å². The van der Waals surface area contributed by atoms with Crippen molar-refractivity contribution < 1.29 is 42.5 Å². The van der Waals surface area contributed by atoms with Gasteiger partial charge in [-0.2, -0.15) is 0 Å². The number of halogens is 4. The van der Waals surface area contributed by atoms with Crippen LogP contribution in [-0.2, 0) is 25.2 Å². The van der Waals surface area contributed by atoms with E-state index in [1.165, 1.54) is 38.8 Å². The van der Waals surface area contributed by atoms with Gasteiger partial charge in [0.2, 0.25) is 0 Å². The zero-order chi connectivity index (χ0) is 40.9. The zero-order valence-corrected chi connectivity index (χ0v) is 35.9. The van der Waals surface area contributed by atoms with Crippen molar-refractivity contribution in [1.82, 2.24) is 5.32 Å². The maximum Gasteiger partial charge on any atom is 2.00 e. The molecule has 1 N–H and O–H groups in total. The molecule has 57 heavy (non-hydrogen) atoms. The van der Waals surface area contributed by atoms with Crippen molar-refractivity contribution in [3.63, 3.8) is 0 Å². The van der Waals surface area contributed by atoms with E-state index in [-0.39, 0.29) is 26.2 Å². The number of carbonyl (C=O) groups excluding carboxylic acids is 1. The van der Waals surface area contributed by atoms with Gasteiger partial charge in [-0.3, -0.25) is 4.79 Å². The Kier molecular flexibility index (Phi) is 22.3. The van der Waals surface area contributed by atoms with Crippen LogP contribution in [0.1, 0.15) is 27.7 Å². The van der Waals surface area contributed by atoms with E-state index in [2.05, 4.69) is 201 Å². The van der Waals surface area contributed by atoms with E-state index in [1.807, 2.05) is 20.8 Å². The van der Waals surface area contributed by atoms with E-state index in [1.54, 1.807) is 0 Å². The van der Waals surface area contributed by atoms with Gasteiger partial charge in [-0.05, 0) is 89.2 Å². The molecule has 6 rings (SSSR count). The van der Waals surface area contributed by atoms with E-state index < -0.39 is 23.1 Å². The molecule has 0 heterocycles. The molecule has 0 atom stereocenters. The Bertz CT molecular complexity index is 1690. The maximum atomic E-state index is 11.2. The topological polar surface area (TPSA) is 29.1 Å². The fourth-order valence-electron chi connectivity index (χ4n) is 5.64. The molecule has 0 bridgehead atoms. The molecule has 0 aromatic heterocycles. The third kappa shape index (κ3) is 18.3. The average Bonchev–Trinajstić information content (AvgIpc) is 3.17. The Morgan fingerprint density at radius 2 is 0.684 bits per heavy atom. The van der Waals surface area contributed by atoms with Crippen LogP contribution in [0.25, 0.3) is 0 Å². The van der Waals surface area contributed by atoms with E-state index in [9.17, 15) is 22.1 Å². The van der Waals surface area contributed by atoms with Crippen molar-refractivity contribution in [1.29, 1.82) is 0 Å². The average molecular weight is 898 g/mol. The minimum atomic E-state index is -6.00. The number of carbonyl (C=O) groups is 1. The summed E-state index contributed by atoms with van der Waals surface area (Å²) in [6.45, 7) is 14.8. The summed E-state index contributed by atoms with van der Waals surface area (Å²) in [7, 11) is -6.89. The zero-order valence-electron chi connectivity index (χ0n) is 32.5. The number of hydrogen-bond acceptors (Lipinski definition) is 2. The smallest absolute Gasteiger partial charge is 0.418 e. The van der Waals surface area contributed by atoms with E-state index in [0.29, 0.717) is 17.5 Å². The molecular weight excluding hydrogens is 850 g/mol. The van der Waals surface area contributed by atoms with Crippen molar-refractivity contribution in [2.75, 3.05) is 0 Å². The third-order valence-electron chi connectivity index (χ3n) is 7.67. The van der Waals surface area contributed by atoms with Gasteiger partial charge >= 0.3 is 27.7 Å². The molecule has 0 unspecified atom stereocenters. The number of benzene rings is 6. The number of rotatable bonds is 10. The Labute approximate surface area is 353 Å². The van der Waals surface area contributed by atoms with Gasteiger partial charge < -0.3 is 22.6 Å². The van der Waals surface area contributed by atoms with Gasteiger partial charge in [-0.1, -0.05) is 182 Å². The molecule has 0 saturated heterocycles. The van der Waals surface area contributed by atoms with Gasteiger partial charge in [0, 0.05) is 23.2 Å². The van der Waals surface area contributed by atoms with Crippen LogP contribution < -0.4 is 37.1 Å². The van der Waals surface area contributed by atoms with E-state index in [0.717, 1.165) is 5.70 Å². The Hall–Kier alpha value is -4.16. The first-order chi connectivity index (χ1) is 26.8. The largest absolute Gasteiger partial charge is 2.00 e. The monoisotopic (exact) mass is 897 g/mol. The predicted octanol–water partition coefficient (Wildman–Crippen LogP) is 10.3. The number of hydrogen-bond donors (Lipinski definition) is 1. The van der Waals surface area contributed by atoms with Gasteiger partial charge in [-0.15, -0.1) is 0 Å². The summed E-state index contributed by atoms with van der Waals surface area (Å²) >= 11 is 0. The molecule has 0 saturated carbocycles. The van der Waals surface area contributed by atoms with Crippen molar-refractivity contribution in [3.8, 4) is 0 Å². The SMILES string of the molecule is F[B-](F)(F)F.[CH2][C]([CH2])/C(C(C)=O)=C(\C)NC(C)C.[Pd+2].c1ccc(P(c2ccccc2)c2ccccc2)cc1.c1ccc(P(c2ccccc2)c2ccccc2)cc1. The Morgan fingerprint density at radius 1 is 0.491 bits per heavy atom. The van der Waals surface area contributed by atoms with Crippen LogP contribution in [0.5, 0.6) is 0 Å². The van der Waals surface area contributed by atoms with Gasteiger partial charge in [-0.25, -0.2) is 0 Å². The molecule has 0 aliphatic rings. The molecule has 2 nitrogen and oxygen atoms in total. The van der Waals surface area contributed by atoms with Crippen LogP contribution in [0, 0.1) is 19.8 Å². The summed E-state index contributed by atoms with van der Waals surface area (Å²) in [5, 5.41) is 11.6. The minimum Gasteiger partial charge on any atom is -0.418 e. The first-order valence-corrected chi connectivity index (χ1v) is 20.7. The molecule has 0 aliphatic carbocycles. The molecule has 3 radical (unpaired) electrons. The Morgan fingerprint density at radius 3 is 0.825 bits per heavy atom. The van der Waals surface area contributed by atoms with Crippen LogP contribution in [0.4, 0.5) is 17.3 Å². The summed E-state index contributed by atoms with van der Waals surface area (Å²) in [5.41, 5.74) is 1.45. The number of allylic oxidation sites excluding steroid dienone is 2. The standard InChI is InChI=1S/2C18H15P.C11H18NO.BF4.Pd/c2*1-4-10-16(11-5-1)19(17-12-6-2-7-13-17)18-14-8-3-9-15-18;1-7(2)11(10(6)13)9(5)12-8(3)4;2-1(3,4)5;/h2*1-15H;8,12H,1-2H2,3-6H3;;/q;;;-1;+2/b;;11-9-;;. The number of nitrogens with one attached hydrogen (secondary N) is 1. The second-order valence-electron chi connectivity index (χ2n) is 12.6. The van der Waals surface area contributed by atoms with Crippen molar-refractivity contribution >= 4 is 60.7 Å². The first-order valence-electron chi connectivity index (χ1n) is 18.0. The molecule has 0 spiro atoms. The second kappa shape index (κ2) is 26.0. The quantitative estimate of drug-likeness (QED) is 0.0643. The summed E-state index contributed by atoms with van der Waals surface area (Å²) < 4.78 is 39.0. The number of Topliss-reactive ketones (excluding diaryl/α,β-unsaturated/α-hetero) is 1. The van der Waals surface area contributed by atoms with Gasteiger partial charge in [0.1, 0.15) is 0 Å². The molecule has 297 valence electrons. The van der Waals surface area contributed by atoms with Crippen LogP contribution >= 0.6 is 15.8 Å². The second-order valence-corrected chi connectivity index (χ2v) is 17.1. The molecule has 6 aromatic carbocycles. The summed E-state index contributed by atoms with van der Waals surface area (Å²) in [4.78, 5) is 11.2. The van der Waals surface area contributed by atoms with E-state index in [4.69, 9.17) is 0 Å². The molecule has 0 amide bonds. The molecular formula is C47H48BF4NOP2Pd+. The molecule has 0 fully saturated rings. The molecule has 10 heteroatoms. The van der Waals surface area contributed by atoms with Crippen LogP contribution in [0.2, 0.25) is 0 Å². The van der Waals surface area contributed by atoms with Gasteiger partial charge in [0.05, 0.1) is 0 Å². The first kappa shape index (κ1) is 49.0. The molecule has 6 aromatic rings.